The number of hydrogen-bond acceptors (Lipinski definition) is 6. The van der Waals surface area contributed by atoms with E-state index in [4.69, 9.17) is 5.11 Å². The monoisotopic (exact) mass is 516 g/mol. The zero-order valence-electron chi connectivity index (χ0n) is 20.3. The van der Waals surface area contributed by atoms with Gasteiger partial charge < -0.3 is 14.6 Å². The van der Waals surface area contributed by atoms with Crippen LogP contribution in [0.1, 0.15) is 55.0 Å². The molecule has 5 rings (SSSR count). The molecule has 2 aliphatic rings. The Morgan fingerprint density at radius 2 is 1.95 bits per heavy atom. The number of aryl methyl sites for hydroxylation is 1. The lowest BCUT2D eigenvalue weighted by atomic mass is 9.94. The smallest absolute Gasteiger partial charge is 0.435 e. The molecule has 37 heavy (non-hydrogen) atoms. The predicted octanol–water partition coefficient (Wildman–Crippen LogP) is 3.67. The van der Waals surface area contributed by atoms with Crippen LogP contribution in [0.4, 0.5) is 18.9 Å². The van der Waals surface area contributed by atoms with E-state index >= 15 is 0 Å². The molecule has 12 heteroatoms. The molecule has 4 heterocycles. The summed E-state index contributed by atoms with van der Waals surface area (Å²) in [6.45, 7) is 0.690. The Bertz CT molecular complexity index is 1380. The SMILES string of the molecule is Cn1nnc(-c2ccc(N3CCC[C@H](CC(=O)O)C3)c(C(F)(F)F)n2)c1Cn1cc(C2CC2)ccc1=O. The van der Waals surface area contributed by atoms with E-state index in [0.717, 1.165) is 18.4 Å². The first-order chi connectivity index (χ1) is 17.6. The van der Waals surface area contributed by atoms with Gasteiger partial charge >= 0.3 is 12.1 Å². The molecular weight excluding hydrogens is 489 g/mol. The van der Waals surface area contributed by atoms with E-state index in [-0.39, 0.29) is 48.1 Å². The average Bonchev–Trinajstić information content (AvgIpc) is 3.63. The largest absolute Gasteiger partial charge is 0.481 e. The van der Waals surface area contributed by atoms with E-state index in [9.17, 15) is 22.8 Å². The summed E-state index contributed by atoms with van der Waals surface area (Å²) in [4.78, 5) is 29.2. The standard InChI is InChI=1S/C25H27F3N6O3/c1-32-20(14-34-13-17(16-4-5-16)6-9-21(34)35)23(30-31-32)18-7-8-19(24(29-18)25(26,27)28)33-10-2-3-15(12-33)11-22(36)37/h6-9,13,15-16H,2-5,10-12,14H2,1H3,(H,36,37)/t15-/m1/s1. The Labute approximate surface area is 210 Å². The van der Waals surface area contributed by atoms with Crippen LogP contribution in [0.3, 0.4) is 0 Å². The second kappa shape index (κ2) is 9.64. The highest BCUT2D eigenvalue weighted by molar-refractivity contribution is 5.67. The van der Waals surface area contributed by atoms with Crippen LogP contribution in [0.15, 0.2) is 35.3 Å². The minimum atomic E-state index is -4.73. The molecule has 0 radical (unpaired) electrons. The molecule has 2 fully saturated rings. The van der Waals surface area contributed by atoms with Gasteiger partial charge in [0.25, 0.3) is 5.56 Å². The lowest BCUT2D eigenvalue weighted by Gasteiger charge is -2.35. The van der Waals surface area contributed by atoms with Crippen molar-refractivity contribution in [3.05, 3.63) is 57.8 Å². The third kappa shape index (κ3) is 5.37. The van der Waals surface area contributed by atoms with Crippen LogP contribution in [-0.4, -0.2) is 48.7 Å². The Kier molecular flexibility index (Phi) is 6.50. The number of rotatable bonds is 7. The quantitative estimate of drug-likeness (QED) is 0.511. The first-order valence-corrected chi connectivity index (χ1v) is 12.2. The number of carbonyl (C=O) groups is 1. The predicted molar refractivity (Wildman–Crippen MR) is 128 cm³/mol. The fraction of sp³-hybridized carbons (Fsp3) is 0.480. The third-order valence-corrected chi connectivity index (χ3v) is 7.03. The molecule has 1 saturated heterocycles. The molecule has 1 aliphatic heterocycles. The van der Waals surface area contributed by atoms with Crippen molar-refractivity contribution < 1.29 is 23.1 Å². The zero-order chi connectivity index (χ0) is 26.3. The summed E-state index contributed by atoms with van der Waals surface area (Å²) < 4.78 is 45.5. The number of nitrogens with zero attached hydrogens (tertiary/aromatic N) is 6. The lowest BCUT2D eigenvalue weighted by molar-refractivity contribution is -0.141. The number of carboxylic acids is 1. The van der Waals surface area contributed by atoms with Gasteiger partial charge in [-0.25, -0.2) is 9.67 Å². The van der Waals surface area contributed by atoms with Gasteiger partial charge in [0.15, 0.2) is 5.69 Å². The molecule has 0 aromatic carbocycles. The molecule has 0 unspecified atom stereocenters. The number of hydrogen-bond donors (Lipinski definition) is 1. The number of halogens is 3. The molecule has 3 aromatic rings. The van der Waals surface area contributed by atoms with Crippen molar-refractivity contribution in [3.63, 3.8) is 0 Å². The Morgan fingerprint density at radius 1 is 1.16 bits per heavy atom. The molecule has 1 atom stereocenters. The Balaban J connectivity index is 1.49. The summed E-state index contributed by atoms with van der Waals surface area (Å²) in [6.07, 6.45) is 0.359. The van der Waals surface area contributed by atoms with Crippen LogP contribution < -0.4 is 10.5 Å². The number of aromatic nitrogens is 5. The minimum Gasteiger partial charge on any atom is -0.481 e. The van der Waals surface area contributed by atoms with Gasteiger partial charge in [-0.1, -0.05) is 11.3 Å². The number of carboxylic acid groups (broad SMARTS) is 1. The molecular formula is C25H27F3N6O3. The fourth-order valence-corrected chi connectivity index (χ4v) is 4.99. The molecule has 1 aliphatic carbocycles. The summed E-state index contributed by atoms with van der Waals surface area (Å²) in [6, 6.07) is 6.16. The van der Waals surface area contributed by atoms with E-state index < -0.39 is 17.8 Å². The molecule has 0 spiro atoms. The maximum absolute atomic E-state index is 14.2. The van der Waals surface area contributed by atoms with Crippen molar-refractivity contribution in [2.24, 2.45) is 13.0 Å². The Morgan fingerprint density at radius 3 is 2.65 bits per heavy atom. The van der Waals surface area contributed by atoms with Gasteiger partial charge in [-0.2, -0.15) is 13.2 Å². The molecule has 1 saturated carbocycles. The summed E-state index contributed by atoms with van der Waals surface area (Å²) in [5, 5.41) is 17.2. The highest BCUT2D eigenvalue weighted by Gasteiger charge is 2.39. The number of aliphatic carboxylic acids is 1. The number of piperidine rings is 1. The topological polar surface area (TPSA) is 106 Å². The van der Waals surface area contributed by atoms with Gasteiger partial charge in [0, 0.05) is 38.8 Å². The molecule has 0 amide bonds. The third-order valence-electron chi connectivity index (χ3n) is 7.03. The van der Waals surface area contributed by atoms with E-state index in [0.29, 0.717) is 31.0 Å². The average molecular weight is 517 g/mol. The van der Waals surface area contributed by atoms with Crippen molar-refractivity contribution in [2.45, 2.75) is 50.7 Å². The number of anilines is 1. The highest BCUT2D eigenvalue weighted by Crippen LogP contribution is 2.40. The van der Waals surface area contributed by atoms with Crippen LogP contribution in [0.2, 0.25) is 0 Å². The maximum atomic E-state index is 14.2. The number of pyridine rings is 2. The first-order valence-electron chi connectivity index (χ1n) is 12.2. The van der Waals surface area contributed by atoms with Crippen LogP contribution >= 0.6 is 0 Å². The van der Waals surface area contributed by atoms with Crippen molar-refractivity contribution in [3.8, 4) is 11.4 Å². The number of alkyl halides is 3. The maximum Gasteiger partial charge on any atom is 0.435 e. The van der Waals surface area contributed by atoms with E-state index in [1.807, 2.05) is 6.07 Å². The minimum absolute atomic E-state index is 0.00432. The van der Waals surface area contributed by atoms with E-state index in [1.54, 1.807) is 18.1 Å². The lowest BCUT2D eigenvalue weighted by Crippen LogP contribution is -2.37. The first kappa shape index (κ1) is 25.0. The van der Waals surface area contributed by atoms with Crippen LogP contribution in [0, 0.1) is 5.92 Å². The molecule has 1 N–H and O–H groups in total. The zero-order valence-corrected chi connectivity index (χ0v) is 20.3. The van der Waals surface area contributed by atoms with Crippen molar-refractivity contribution in [1.29, 1.82) is 0 Å². The van der Waals surface area contributed by atoms with Gasteiger partial charge in [0.2, 0.25) is 0 Å². The van der Waals surface area contributed by atoms with Gasteiger partial charge in [-0.15, -0.1) is 5.10 Å². The van der Waals surface area contributed by atoms with Crippen molar-refractivity contribution in [2.75, 3.05) is 18.0 Å². The molecule has 3 aromatic heterocycles. The van der Waals surface area contributed by atoms with E-state index in [1.165, 1.54) is 27.4 Å². The summed E-state index contributed by atoms with van der Waals surface area (Å²) in [5.41, 5.74) is 0.339. The second-order valence-electron chi connectivity index (χ2n) is 9.83. The van der Waals surface area contributed by atoms with Gasteiger partial charge in [-0.3, -0.25) is 9.59 Å². The fourth-order valence-electron chi connectivity index (χ4n) is 4.99. The molecule has 196 valence electrons. The summed E-state index contributed by atoms with van der Waals surface area (Å²) >= 11 is 0. The van der Waals surface area contributed by atoms with Crippen LogP contribution in [0.5, 0.6) is 0 Å². The van der Waals surface area contributed by atoms with Crippen molar-refractivity contribution in [1.82, 2.24) is 24.5 Å². The second-order valence-corrected chi connectivity index (χ2v) is 9.83. The molecule has 0 bridgehead atoms. The van der Waals surface area contributed by atoms with Crippen LogP contribution in [0.25, 0.3) is 11.4 Å². The van der Waals surface area contributed by atoms with Gasteiger partial charge in [-0.05, 0) is 55.2 Å². The van der Waals surface area contributed by atoms with Crippen LogP contribution in [-0.2, 0) is 24.6 Å². The Hall–Kier alpha value is -3.70. The summed E-state index contributed by atoms with van der Waals surface area (Å²) in [7, 11) is 1.62. The normalized spacial score (nSPS) is 18.3. The molecule has 9 nitrogen and oxygen atoms in total. The summed E-state index contributed by atoms with van der Waals surface area (Å²) in [5.74, 6) is -0.763. The van der Waals surface area contributed by atoms with Crippen molar-refractivity contribution >= 4 is 11.7 Å². The van der Waals surface area contributed by atoms with E-state index in [2.05, 4.69) is 15.3 Å². The van der Waals surface area contributed by atoms with Gasteiger partial charge in [0.1, 0.15) is 5.69 Å². The van der Waals surface area contributed by atoms with Gasteiger partial charge in [0.05, 0.1) is 23.6 Å². The highest BCUT2D eigenvalue weighted by atomic mass is 19.4.